The smallest absolute Gasteiger partial charge is 0.305 e. The molecule has 2 N–H and O–H groups in total. The van der Waals surface area contributed by atoms with Crippen LogP contribution in [0.3, 0.4) is 0 Å². The summed E-state index contributed by atoms with van der Waals surface area (Å²) in [4.78, 5) is 22.6. The predicted molar refractivity (Wildman–Crippen MR) is 65.0 cm³/mol. The van der Waals surface area contributed by atoms with Crippen molar-refractivity contribution < 1.29 is 14.7 Å². The van der Waals surface area contributed by atoms with Gasteiger partial charge < -0.3 is 10.4 Å². The van der Waals surface area contributed by atoms with Crippen LogP contribution in [0.15, 0.2) is 16.8 Å². The number of hydrogen-bond donors (Lipinski definition) is 2. The second kappa shape index (κ2) is 4.87. The van der Waals surface area contributed by atoms with Crippen molar-refractivity contribution in [3.05, 3.63) is 22.4 Å². The monoisotopic (exact) mass is 253 g/mol. The van der Waals surface area contributed by atoms with E-state index in [0.29, 0.717) is 6.42 Å². The van der Waals surface area contributed by atoms with Gasteiger partial charge in [-0.2, -0.15) is 11.3 Å². The number of carboxylic acids is 1. The zero-order valence-corrected chi connectivity index (χ0v) is 10.3. The second-order valence-electron chi connectivity index (χ2n) is 4.56. The molecular weight excluding hydrogens is 238 g/mol. The molecule has 0 atom stereocenters. The zero-order chi connectivity index (χ0) is 12.3. The van der Waals surface area contributed by atoms with Gasteiger partial charge in [0.1, 0.15) is 0 Å². The van der Waals surface area contributed by atoms with Crippen molar-refractivity contribution in [2.24, 2.45) is 0 Å². The molecule has 1 fully saturated rings. The van der Waals surface area contributed by atoms with Gasteiger partial charge in [0.2, 0.25) is 5.91 Å². The van der Waals surface area contributed by atoms with Gasteiger partial charge in [-0.3, -0.25) is 9.59 Å². The summed E-state index contributed by atoms with van der Waals surface area (Å²) in [6, 6.07) is 1.91. The van der Waals surface area contributed by atoms with E-state index in [0.717, 1.165) is 24.8 Å². The Hall–Kier alpha value is -1.36. The minimum Gasteiger partial charge on any atom is -0.481 e. The number of nitrogens with one attached hydrogen (secondary N) is 1. The fourth-order valence-corrected chi connectivity index (χ4v) is 2.83. The first kappa shape index (κ1) is 12.1. The third kappa shape index (κ3) is 3.06. The van der Waals surface area contributed by atoms with Crippen LogP contribution in [0.1, 0.15) is 31.2 Å². The molecule has 0 spiro atoms. The van der Waals surface area contributed by atoms with Gasteiger partial charge in [-0.1, -0.05) is 0 Å². The van der Waals surface area contributed by atoms with Crippen LogP contribution >= 0.6 is 11.3 Å². The number of rotatable bonds is 5. The van der Waals surface area contributed by atoms with Crippen LogP contribution in [0.5, 0.6) is 0 Å². The maximum absolute atomic E-state index is 11.8. The first-order valence-electron chi connectivity index (χ1n) is 5.64. The van der Waals surface area contributed by atoms with Crippen molar-refractivity contribution in [2.75, 3.05) is 0 Å². The molecule has 1 saturated carbocycles. The Labute approximate surface area is 104 Å². The molecule has 0 aromatic carbocycles. The Balaban J connectivity index is 1.90. The van der Waals surface area contributed by atoms with Gasteiger partial charge in [-0.15, -0.1) is 0 Å². The van der Waals surface area contributed by atoms with Crippen LogP contribution in [-0.2, 0) is 16.0 Å². The summed E-state index contributed by atoms with van der Waals surface area (Å²) in [6.07, 6.45) is 2.91. The Morgan fingerprint density at radius 1 is 1.47 bits per heavy atom. The third-order valence-corrected chi connectivity index (χ3v) is 3.88. The van der Waals surface area contributed by atoms with Crippen LogP contribution < -0.4 is 5.32 Å². The molecule has 0 unspecified atom stereocenters. The minimum absolute atomic E-state index is 0.0301. The third-order valence-electron chi connectivity index (χ3n) is 3.15. The van der Waals surface area contributed by atoms with E-state index in [1.165, 1.54) is 0 Å². The lowest BCUT2D eigenvalue weighted by Crippen LogP contribution is -2.55. The fraction of sp³-hybridized carbons (Fsp3) is 0.500. The highest BCUT2D eigenvalue weighted by Gasteiger charge is 2.40. The summed E-state index contributed by atoms with van der Waals surface area (Å²) in [6.45, 7) is 0. The Bertz CT molecular complexity index is 409. The largest absolute Gasteiger partial charge is 0.481 e. The van der Waals surface area contributed by atoms with Crippen LogP contribution in [0.25, 0.3) is 0 Å². The second-order valence-corrected chi connectivity index (χ2v) is 5.34. The van der Waals surface area contributed by atoms with E-state index in [9.17, 15) is 9.59 Å². The minimum atomic E-state index is -0.847. The fourth-order valence-electron chi connectivity index (χ4n) is 2.16. The lowest BCUT2D eigenvalue weighted by Gasteiger charge is -2.41. The van der Waals surface area contributed by atoms with Gasteiger partial charge in [-0.25, -0.2) is 0 Å². The van der Waals surface area contributed by atoms with Gasteiger partial charge in [0, 0.05) is 0 Å². The van der Waals surface area contributed by atoms with E-state index in [4.69, 9.17) is 5.11 Å². The average molecular weight is 253 g/mol. The number of carbonyl (C=O) groups is 2. The number of aliphatic carboxylic acids is 1. The lowest BCUT2D eigenvalue weighted by atomic mass is 9.74. The van der Waals surface area contributed by atoms with Crippen LogP contribution in [0, 0.1) is 0 Å². The van der Waals surface area contributed by atoms with Gasteiger partial charge in [-0.05, 0) is 41.7 Å². The molecule has 0 bridgehead atoms. The molecule has 0 radical (unpaired) electrons. The molecule has 1 amide bonds. The molecule has 4 nitrogen and oxygen atoms in total. The molecular formula is C12H15NO3S. The number of amides is 1. The van der Waals surface area contributed by atoms with E-state index in [1.807, 2.05) is 16.8 Å². The first-order chi connectivity index (χ1) is 8.10. The number of carbonyl (C=O) groups excluding carboxylic acids is 1. The molecule has 17 heavy (non-hydrogen) atoms. The Kier molecular flexibility index (Phi) is 3.47. The van der Waals surface area contributed by atoms with Crippen molar-refractivity contribution in [3.63, 3.8) is 0 Å². The molecule has 1 aromatic heterocycles. The molecule has 0 aliphatic heterocycles. The summed E-state index contributed by atoms with van der Waals surface area (Å²) in [7, 11) is 0. The highest BCUT2D eigenvalue weighted by atomic mass is 32.1. The topological polar surface area (TPSA) is 66.4 Å². The van der Waals surface area contributed by atoms with E-state index in [1.54, 1.807) is 11.3 Å². The molecule has 2 rings (SSSR count). The summed E-state index contributed by atoms with van der Waals surface area (Å²) in [5.41, 5.74) is 0.496. The van der Waals surface area contributed by atoms with Crippen molar-refractivity contribution in [1.29, 1.82) is 0 Å². The van der Waals surface area contributed by atoms with Gasteiger partial charge in [0.05, 0.1) is 18.4 Å². The van der Waals surface area contributed by atoms with Gasteiger partial charge in [0.15, 0.2) is 0 Å². The standard InChI is InChI=1S/C12H15NO3S/c14-10(6-9-2-5-17-8-9)13-12(3-1-4-12)7-11(15)16/h2,5,8H,1,3-4,6-7H2,(H,13,14)(H,15,16). The normalized spacial score (nSPS) is 17.2. The van der Waals surface area contributed by atoms with E-state index >= 15 is 0 Å². The van der Waals surface area contributed by atoms with Crippen LogP contribution in [0.4, 0.5) is 0 Å². The number of carboxylic acid groups (broad SMARTS) is 1. The average Bonchev–Trinajstić information content (AvgIpc) is 2.66. The van der Waals surface area contributed by atoms with Gasteiger partial charge in [0.25, 0.3) is 0 Å². The summed E-state index contributed by atoms with van der Waals surface area (Å²) in [5.74, 6) is -0.926. The first-order valence-corrected chi connectivity index (χ1v) is 6.58. The summed E-state index contributed by atoms with van der Waals surface area (Å²) >= 11 is 1.56. The Morgan fingerprint density at radius 2 is 2.24 bits per heavy atom. The lowest BCUT2D eigenvalue weighted by molar-refractivity contribution is -0.140. The maximum Gasteiger partial charge on any atom is 0.305 e. The van der Waals surface area contributed by atoms with E-state index in [-0.39, 0.29) is 12.3 Å². The summed E-state index contributed by atoms with van der Waals surface area (Å²) < 4.78 is 0. The molecule has 0 saturated heterocycles. The molecule has 1 aliphatic carbocycles. The van der Waals surface area contributed by atoms with Crippen molar-refractivity contribution >= 4 is 23.2 Å². The maximum atomic E-state index is 11.8. The highest BCUT2D eigenvalue weighted by Crippen LogP contribution is 2.34. The SMILES string of the molecule is O=C(O)CC1(NC(=O)Cc2ccsc2)CCC1. The van der Waals surface area contributed by atoms with Crippen LogP contribution in [-0.4, -0.2) is 22.5 Å². The highest BCUT2D eigenvalue weighted by molar-refractivity contribution is 7.07. The quantitative estimate of drug-likeness (QED) is 0.841. The van der Waals surface area contributed by atoms with E-state index in [2.05, 4.69) is 5.32 Å². The van der Waals surface area contributed by atoms with Crippen molar-refractivity contribution in [2.45, 2.75) is 37.6 Å². The van der Waals surface area contributed by atoms with Crippen molar-refractivity contribution in [3.8, 4) is 0 Å². The number of thiophene rings is 1. The zero-order valence-electron chi connectivity index (χ0n) is 9.44. The number of hydrogen-bond acceptors (Lipinski definition) is 3. The summed E-state index contributed by atoms with van der Waals surface area (Å²) in [5, 5.41) is 15.6. The molecule has 92 valence electrons. The molecule has 5 heteroatoms. The van der Waals surface area contributed by atoms with Gasteiger partial charge >= 0.3 is 5.97 Å². The van der Waals surface area contributed by atoms with E-state index < -0.39 is 11.5 Å². The molecule has 1 aliphatic rings. The predicted octanol–water partition coefficient (Wildman–Crippen LogP) is 1.80. The Morgan fingerprint density at radius 3 is 2.71 bits per heavy atom. The molecule has 1 heterocycles. The van der Waals surface area contributed by atoms with Crippen molar-refractivity contribution in [1.82, 2.24) is 5.32 Å². The van der Waals surface area contributed by atoms with Crippen LogP contribution in [0.2, 0.25) is 0 Å². The molecule has 1 aromatic rings.